The number of ether oxygens (including phenoxy) is 1. The first-order valence-electron chi connectivity index (χ1n) is 13.2. The average molecular weight is 486 g/mol. The van der Waals surface area contributed by atoms with Crippen molar-refractivity contribution in [3.05, 3.63) is 65.7 Å². The average Bonchev–Trinajstić information content (AvgIpc) is 3.26. The molecule has 2 aliphatic heterocycles. The van der Waals surface area contributed by atoms with E-state index in [0.717, 1.165) is 61.3 Å². The van der Waals surface area contributed by atoms with Crippen molar-refractivity contribution in [2.75, 3.05) is 23.8 Å². The van der Waals surface area contributed by atoms with Crippen LogP contribution >= 0.6 is 0 Å². The fraction of sp³-hybridized carbons (Fsp3) is 0.448. The summed E-state index contributed by atoms with van der Waals surface area (Å²) in [6.45, 7) is 5.98. The summed E-state index contributed by atoms with van der Waals surface area (Å²) in [5.74, 6) is 0.880. The van der Waals surface area contributed by atoms with Gasteiger partial charge in [-0.2, -0.15) is 0 Å². The molecule has 0 radical (unpaired) electrons. The van der Waals surface area contributed by atoms with E-state index in [-0.39, 0.29) is 12.1 Å². The van der Waals surface area contributed by atoms with Crippen LogP contribution in [0.1, 0.15) is 50.3 Å². The first-order chi connectivity index (χ1) is 17.5. The quantitative estimate of drug-likeness (QED) is 0.469. The van der Waals surface area contributed by atoms with Gasteiger partial charge < -0.3 is 20.7 Å². The smallest absolute Gasteiger partial charge is 0.319 e. The minimum Gasteiger partial charge on any atom is -0.378 e. The fourth-order valence-corrected chi connectivity index (χ4v) is 6.43. The van der Waals surface area contributed by atoms with E-state index in [1.807, 2.05) is 24.3 Å². The largest absolute Gasteiger partial charge is 0.378 e. The van der Waals surface area contributed by atoms with Crippen molar-refractivity contribution in [2.45, 2.75) is 69.7 Å². The number of hydrogen-bond donors (Lipinski definition) is 3. The van der Waals surface area contributed by atoms with Crippen LogP contribution in [0.2, 0.25) is 0 Å². The summed E-state index contributed by atoms with van der Waals surface area (Å²) >= 11 is 0. The molecular weight excluding hydrogens is 450 g/mol. The normalized spacial score (nSPS) is 25.5. The molecule has 1 aliphatic carbocycles. The third-order valence-corrected chi connectivity index (χ3v) is 7.91. The second-order valence-corrected chi connectivity index (χ2v) is 10.7. The van der Waals surface area contributed by atoms with Crippen LogP contribution in [-0.4, -0.2) is 53.3 Å². The first-order valence-corrected chi connectivity index (χ1v) is 13.2. The van der Waals surface area contributed by atoms with Crippen LogP contribution in [0.15, 0.2) is 54.6 Å². The topological polar surface area (TPSA) is 78.5 Å². The zero-order valence-electron chi connectivity index (χ0n) is 21.0. The van der Waals surface area contributed by atoms with Gasteiger partial charge in [-0.1, -0.05) is 24.3 Å². The van der Waals surface area contributed by atoms with Gasteiger partial charge in [0.15, 0.2) is 0 Å². The molecular formula is C29H35N5O2. The monoisotopic (exact) mass is 485 g/mol. The zero-order valence-corrected chi connectivity index (χ0v) is 21.0. The predicted molar refractivity (Wildman–Crippen MR) is 143 cm³/mol. The van der Waals surface area contributed by atoms with E-state index >= 15 is 0 Å². The molecule has 0 saturated carbocycles. The molecule has 188 valence electrons. The Morgan fingerprint density at radius 1 is 1.06 bits per heavy atom. The van der Waals surface area contributed by atoms with Gasteiger partial charge in [0.1, 0.15) is 5.82 Å². The van der Waals surface area contributed by atoms with Crippen molar-refractivity contribution >= 4 is 28.4 Å². The second-order valence-electron chi connectivity index (χ2n) is 10.7. The number of amides is 2. The van der Waals surface area contributed by atoms with Crippen LogP contribution < -0.4 is 16.0 Å². The van der Waals surface area contributed by atoms with Crippen LogP contribution in [0, 0.1) is 0 Å². The number of hydrogen-bond acceptors (Lipinski definition) is 5. The Bertz CT molecular complexity index is 1250. The SMILES string of the molecule is CC(C)N1C2COCC1CC(NC(=O)Nc1ccc3nc(NC4CCc5ccccc54)ccc3c1)C2. The molecule has 7 heteroatoms. The number of urea groups is 1. The van der Waals surface area contributed by atoms with Crippen molar-refractivity contribution < 1.29 is 9.53 Å². The van der Waals surface area contributed by atoms with Crippen molar-refractivity contribution in [2.24, 2.45) is 0 Å². The molecule has 2 fully saturated rings. The van der Waals surface area contributed by atoms with Gasteiger partial charge in [-0.25, -0.2) is 9.78 Å². The lowest BCUT2D eigenvalue weighted by Gasteiger charge is -2.50. The number of carbonyl (C=O) groups is 1. The molecule has 7 nitrogen and oxygen atoms in total. The maximum absolute atomic E-state index is 12.8. The number of aromatic nitrogens is 1. The molecule has 3 heterocycles. The van der Waals surface area contributed by atoms with Crippen molar-refractivity contribution in [3.8, 4) is 0 Å². The molecule has 3 aliphatic rings. The molecule has 2 aromatic carbocycles. The summed E-state index contributed by atoms with van der Waals surface area (Å²) in [4.78, 5) is 20.2. The van der Waals surface area contributed by atoms with Crippen molar-refractivity contribution in [3.63, 3.8) is 0 Å². The number of carbonyl (C=O) groups excluding carboxylic acids is 1. The Kier molecular flexibility index (Phi) is 6.27. The van der Waals surface area contributed by atoms with Gasteiger partial charge in [0.2, 0.25) is 0 Å². The van der Waals surface area contributed by atoms with Crippen molar-refractivity contribution in [1.29, 1.82) is 0 Å². The molecule has 3 aromatic rings. The Morgan fingerprint density at radius 2 is 1.86 bits per heavy atom. The Labute approximate surface area is 212 Å². The number of piperidine rings is 1. The number of pyridine rings is 1. The number of nitrogens with zero attached hydrogens (tertiary/aromatic N) is 2. The van der Waals surface area contributed by atoms with E-state index in [9.17, 15) is 4.79 Å². The number of fused-ring (bicyclic) bond motifs is 4. The van der Waals surface area contributed by atoms with E-state index in [1.165, 1.54) is 11.1 Å². The van der Waals surface area contributed by atoms with Gasteiger partial charge >= 0.3 is 6.03 Å². The number of anilines is 2. The Hall–Kier alpha value is -3.16. The third-order valence-electron chi connectivity index (χ3n) is 7.91. The molecule has 2 amide bonds. The molecule has 2 saturated heterocycles. The summed E-state index contributed by atoms with van der Waals surface area (Å²) in [6.07, 6.45) is 4.03. The standard InChI is InChI=1S/C29H35N5O2/c1-18(2)34-23-14-22(15-24(34)17-36-16-23)31-29(35)30-21-9-11-26-20(13-21)8-12-28(32-26)33-27-10-7-19-5-3-4-6-25(19)27/h3-6,8-9,11-13,18,22-24,27H,7,10,14-17H2,1-2H3,(H,32,33)(H2,30,31,35). The minimum absolute atomic E-state index is 0.150. The molecule has 2 bridgehead atoms. The van der Waals surface area contributed by atoms with Gasteiger partial charge in [-0.05, 0) is 81.0 Å². The van der Waals surface area contributed by atoms with Gasteiger partial charge in [-0.3, -0.25) is 4.90 Å². The third kappa shape index (κ3) is 4.65. The van der Waals surface area contributed by atoms with Crippen LogP contribution in [0.4, 0.5) is 16.3 Å². The molecule has 3 atom stereocenters. The number of morpholine rings is 1. The number of aryl methyl sites for hydroxylation is 1. The second kappa shape index (κ2) is 9.71. The lowest BCUT2D eigenvalue weighted by molar-refractivity contribution is -0.0933. The molecule has 36 heavy (non-hydrogen) atoms. The van der Waals surface area contributed by atoms with Gasteiger partial charge in [0.25, 0.3) is 0 Å². The fourth-order valence-electron chi connectivity index (χ4n) is 6.43. The summed E-state index contributed by atoms with van der Waals surface area (Å²) < 4.78 is 5.79. The minimum atomic E-state index is -0.150. The maximum atomic E-state index is 12.8. The zero-order chi connectivity index (χ0) is 24.6. The van der Waals surface area contributed by atoms with E-state index in [4.69, 9.17) is 9.72 Å². The van der Waals surface area contributed by atoms with Gasteiger partial charge in [0, 0.05) is 35.2 Å². The molecule has 6 rings (SSSR count). The lowest BCUT2D eigenvalue weighted by atomic mass is 9.89. The maximum Gasteiger partial charge on any atom is 0.319 e. The van der Waals surface area contributed by atoms with Crippen LogP contribution in [0.3, 0.4) is 0 Å². The molecule has 0 spiro atoms. The highest BCUT2D eigenvalue weighted by atomic mass is 16.5. The Morgan fingerprint density at radius 3 is 2.67 bits per heavy atom. The van der Waals surface area contributed by atoms with Crippen molar-refractivity contribution in [1.82, 2.24) is 15.2 Å². The summed E-state index contributed by atoms with van der Waals surface area (Å²) in [5, 5.41) is 10.8. The highest BCUT2D eigenvalue weighted by Crippen LogP contribution is 2.34. The van der Waals surface area contributed by atoms with Crippen LogP contribution in [0.25, 0.3) is 10.9 Å². The summed E-state index contributed by atoms with van der Waals surface area (Å²) in [7, 11) is 0. The lowest BCUT2D eigenvalue weighted by Crippen LogP contribution is -2.62. The van der Waals surface area contributed by atoms with Gasteiger partial charge in [-0.15, -0.1) is 0 Å². The van der Waals surface area contributed by atoms with Crippen LogP contribution in [-0.2, 0) is 11.2 Å². The van der Waals surface area contributed by atoms with Crippen LogP contribution in [0.5, 0.6) is 0 Å². The number of rotatable bonds is 5. The van der Waals surface area contributed by atoms with Gasteiger partial charge in [0.05, 0.1) is 24.8 Å². The van der Waals surface area contributed by atoms with E-state index in [0.29, 0.717) is 24.2 Å². The molecule has 1 aromatic heterocycles. The first kappa shape index (κ1) is 23.3. The molecule has 3 N–H and O–H groups in total. The number of benzene rings is 2. The van der Waals surface area contributed by atoms with E-state index < -0.39 is 0 Å². The summed E-state index contributed by atoms with van der Waals surface area (Å²) in [6, 6.07) is 20.2. The van der Waals surface area contributed by atoms with E-state index in [2.05, 4.69) is 65.0 Å². The summed E-state index contributed by atoms with van der Waals surface area (Å²) in [5.41, 5.74) is 4.48. The highest BCUT2D eigenvalue weighted by molar-refractivity contribution is 5.93. The highest BCUT2D eigenvalue weighted by Gasteiger charge is 2.40. The predicted octanol–water partition coefficient (Wildman–Crippen LogP) is 5.10. The Balaban J connectivity index is 1.08. The number of nitrogens with one attached hydrogen (secondary N) is 3. The van der Waals surface area contributed by atoms with E-state index in [1.54, 1.807) is 0 Å². The molecule has 3 unspecified atom stereocenters.